The maximum absolute atomic E-state index is 15.1. The number of nitrogens with two attached hydrogens (primary N) is 1. The smallest absolute Gasteiger partial charge is 0.285 e. The fraction of sp³-hybridized carbons (Fsp3) is 0.500. The van der Waals surface area contributed by atoms with Crippen molar-refractivity contribution >= 4 is 28.2 Å². The van der Waals surface area contributed by atoms with Crippen molar-refractivity contribution in [1.29, 1.82) is 0 Å². The van der Waals surface area contributed by atoms with E-state index in [9.17, 15) is 9.59 Å². The lowest BCUT2D eigenvalue weighted by atomic mass is 10.0. The van der Waals surface area contributed by atoms with Crippen LogP contribution in [0.1, 0.15) is 25.3 Å². The number of carbonyl (C=O) groups excluding carboxylic acids is 2. The SMILES string of the molecule is CCN1C(=O)CC[C@](F)(N2Cc3c(csc3N)O2)C1=O. The van der Waals surface area contributed by atoms with Gasteiger partial charge in [0.1, 0.15) is 0 Å². The average Bonchev–Trinajstić information content (AvgIpc) is 2.98. The number of fused-ring (bicyclic) bond motifs is 1. The van der Waals surface area contributed by atoms with Crippen molar-refractivity contribution in [3.63, 3.8) is 0 Å². The minimum Gasteiger partial charge on any atom is -0.401 e. The van der Waals surface area contributed by atoms with Crippen LogP contribution >= 0.6 is 11.3 Å². The number of piperidine rings is 1. The van der Waals surface area contributed by atoms with E-state index in [0.717, 1.165) is 9.96 Å². The van der Waals surface area contributed by atoms with Gasteiger partial charge in [-0.25, -0.2) is 4.39 Å². The second-order valence-corrected chi connectivity index (χ2v) is 5.68. The second kappa shape index (κ2) is 4.42. The molecule has 2 aliphatic rings. The maximum atomic E-state index is 15.1. The van der Waals surface area contributed by atoms with Gasteiger partial charge in [-0.05, 0) is 6.92 Å². The molecule has 0 spiro atoms. The van der Waals surface area contributed by atoms with Crippen molar-refractivity contribution in [3.8, 4) is 5.75 Å². The Morgan fingerprint density at radius 2 is 2.30 bits per heavy atom. The van der Waals surface area contributed by atoms with Gasteiger partial charge >= 0.3 is 0 Å². The fourth-order valence-electron chi connectivity index (χ4n) is 2.49. The summed E-state index contributed by atoms with van der Waals surface area (Å²) in [5.74, 6) is -3.04. The van der Waals surface area contributed by atoms with Crippen LogP contribution < -0.4 is 10.6 Å². The van der Waals surface area contributed by atoms with E-state index in [0.29, 0.717) is 16.3 Å². The number of hydrogen-bond donors (Lipinski definition) is 1. The Balaban J connectivity index is 1.87. The Hall–Kier alpha value is -1.67. The van der Waals surface area contributed by atoms with E-state index in [-0.39, 0.29) is 31.8 Å². The lowest BCUT2D eigenvalue weighted by molar-refractivity contribution is -0.218. The molecule has 6 nitrogen and oxygen atoms in total. The molecular weight excluding hydrogens is 285 g/mol. The summed E-state index contributed by atoms with van der Waals surface area (Å²) in [7, 11) is 0. The van der Waals surface area contributed by atoms with Crippen LogP contribution in [0.4, 0.5) is 9.39 Å². The van der Waals surface area contributed by atoms with Gasteiger partial charge in [0.05, 0.1) is 11.5 Å². The molecule has 1 aromatic rings. The molecule has 1 aromatic heterocycles. The number of rotatable bonds is 2. The first-order valence-electron chi connectivity index (χ1n) is 6.32. The van der Waals surface area contributed by atoms with Crippen LogP contribution in [-0.4, -0.2) is 34.1 Å². The zero-order chi connectivity index (χ0) is 14.5. The summed E-state index contributed by atoms with van der Waals surface area (Å²) in [5, 5.41) is 3.24. The van der Waals surface area contributed by atoms with Crippen LogP contribution in [0.15, 0.2) is 5.38 Å². The third-order valence-electron chi connectivity index (χ3n) is 3.65. The summed E-state index contributed by atoms with van der Waals surface area (Å²) in [6, 6.07) is 0. The Bertz CT molecular complexity index is 591. The molecule has 0 saturated carbocycles. The lowest BCUT2D eigenvalue weighted by Gasteiger charge is -2.38. The highest BCUT2D eigenvalue weighted by Gasteiger charge is 2.55. The highest BCUT2D eigenvalue weighted by Crippen LogP contribution is 2.43. The number of anilines is 1. The zero-order valence-electron chi connectivity index (χ0n) is 10.9. The molecule has 3 rings (SSSR count). The van der Waals surface area contributed by atoms with Crippen LogP contribution in [0.3, 0.4) is 0 Å². The molecule has 20 heavy (non-hydrogen) atoms. The molecule has 0 aliphatic carbocycles. The first-order chi connectivity index (χ1) is 9.47. The molecule has 2 amide bonds. The predicted octanol–water partition coefficient (Wildman–Crippen LogP) is 1.27. The minimum absolute atomic E-state index is 0.0156. The van der Waals surface area contributed by atoms with Gasteiger partial charge in [0.2, 0.25) is 5.91 Å². The largest absolute Gasteiger partial charge is 0.401 e. The standard InChI is InChI=1S/C12H14FN3O3S/c1-2-15-9(17)3-4-12(13,11(15)18)16-5-7-8(19-16)6-20-10(7)14/h6H,2-5,14H2,1H3/t12-/m0/s1. The van der Waals surface area contributed by atoms with E-state index >= 15 is 4.39 Å². The Morgan fingerprint density at radius 1 is 1.55 bits per heavy atom. The quantitative estimate of drug-likeness (QED) is 0.657. The van der Waals surface area contributed by atoms with E-state index < -0.39 is 11.7 Å². The van der Waals surface area contributed by atoms with Gasteiger partial charge in [-0.15, -0.1) is 11.3 Å². The van der Waals surface area contributed by atoms with Gasteiger partial charge in [0, 0.05) is 30.3 Å². The van der Waals surface area contributed by atoms with E-state index in [1.54, 1.807) is 12.3 Å². The molecule has 0 bridgehead atoms. The zero-order valence-corrected chi connectivity index (χ0v) is 11.7. The minimum atomic E-state index is -2.31. The van der Waals surface area contributed by atoms with Crippen molar-refractivity contribution in [1.82, 2.24) is 9.96 Å². The monoisotopic (exact) mass is 299 g/mol. The van der Waals surface area contributed by atoms with Crippen molar-refractivity contribution in [2.24, 2.45) is 0 Å². The number of thiophene rings is 1. The third-order valence-corrected chi connectivity index (χ3v) is 4.49. The Morgan fingerprint density at radius 3 is 2.95 bits per heavy atom. The summed E-state index contributed by atoms with van der Waals surface area (Å²) < 4.78 is 15.1. The number of amides is 2. The molecule has 2 aliphatic heterocycles. The van der Waals surface area contributed by atoms with Crippen molar-refractivity contribution in [2.75, 3.05) is 12.3 Å². The molecule has 108 valence electrons. The summed E-state index contributed by atoms with van der Waals surface area (Å²) in [5.41, 5.74) is 6.47. The molecule has 0 unspecified atom stereocenters. The predicted molar refractivity (Wildman–Crippen MR) is 70.4 cm³/mol. The van der Waals surface area contributed by atoms with E-state index in [1.807, 2.05) is 0 Å². The number of halogens is 1. The average molecular weight is 299 g/mol. The number of alkyl halides is 1. The lowest BCUT2D eigenvalue weighted by Crippen LogP contribution is -2.61. The highest BCUT2D eigenvalue weighted by molar-refractivity contribution is 7.14. The molecule has 2 N–H and O–H groups in total. The van der Waals surface area contributed by atoms with Crippen molar-refractivity contribution in [3.05, 3.63) is 10.9 Å². The van der Waals surface area contributed by atoms with E-state index in [2.05, 4.69) is 0 Å². The number of hydroxylamine groups is 2. The summed E-state index contributed by atoms with van der Waals surface area (Å²) >= 11 is 1.31. The summed E-state index contributed by atoms with van der Waals surface area (Å²) in [6.07, 6.45) is -0.215. The topological polar surface area (TPSA) is 75.9 Å². The molecule has 0 aromatic carbocycles. The molecule has 8 heteroatoms. The highest BCUT2D eigenvalue weighted by atomic mass is 32.1. The summed E-state index contributed by atoms with van der Waals surface area (Å²) in [4.78, 5) is 30.2. The number of likely N-dealkylation sites (tertiary alicyclic amines) is 1. The number of likely N-dealkylation sites (N-methyl/N-ethyl adjacent to an activating group) is 1. The molecule has 1 saturated heterocycles. The number of nitrogen functional groups attached to an aromatic ring is 1. The van der Waals surface area contributed by atoms with E-state index in [4.69, 9.17) is 10.6 Å². The molecular formula is C12H14FN3O3S. The van der Waals surface area contributed by atoms with Crippen molar-refractivity contribution in [2.45, 2.75) is 32.1 Å². The van der Waals surface area contributed by atoms with Gasteiger partial charge in [-0.3, -0.25) is 14.5 Å². The molecule has 3 heterocycles. The van der Waals surface area contributed by atoms with Crippen LogP contribution in [-0.2, 0) is 16.1 Å². The van der Waals surface area contributed by atoms with Gasteiger partial charge < -0.3 is 10.6 Å². The Labute approximate surface area is 118 Å². The van der Waals surface area contributed by atoms with Gasteiger partial charge in [-0.2, -0.15) is 0 Å². The molecule has 1 atom stereocenters. The first-order valence-corrected chi connectivity index (χ1v) is 7.20. The van der Waals surface area contributed by atoms with Gasteiger partial charge in [-0.1, -0.05) is 5.06 Å². The van der Waals surface area contributed by atoms with Crippen LogP contribution in [0.5, 0.6) is 5.75 Å². The molecule has 0 radical (unpaired) electrons. The number of carbonyl (C=O) groups is 2. The van der Waals surface area contributed by atoms with Gasteiger partial charge in [0.15, 0.2) is 5.75 Å². The number of hydrogen-bond acceptors (Lipinski definition) is 6. The maximum Gasteiger partial charge on any atom is 0.285 e. The molecule has 1 fully saturated rings. The fourth-order valence-corrected chi connectivity index (χ4v) is 3.22. The number of imide groups is 1. The van der Waals surface area contributed by atoms with E-state index in [1.165, 1.54) is 11.3 Å². The van der Waals surface area contributed by atoms with Crippen molar-refractivity contribution < 1.29 is 18.8 Å². The summed E-state index contributed by atoms with van der Waals surface area (Å²) in [6.45, 7) is 1.90. The Kier molecular flexibility index (Phi) is 2.94. The van der Waals surface area contributed by atoms with Crippen LogP contribution in [0, 0.1) is 0 Å². The van der Waals surface area contributed by atoms with Crippen LogP contribution in [0.2, 0.25) is 0 Å². The van der Waals surface area contributed by atoms with Crippen LogP contribution in [0.25, 0.3) is 0 Å². The first kappa shape index (κ1) is 13.3. The normalized spacial score (nSPS) is 26.8. The second-order valence-electron chi connectivity index (χ2n) is 4.77. The third kappa shape index (κ3) is 1.71. The number of nitrogens with zero attached hydrogens (tertiary/aromatic N) is 2. The van der Waals surface area contributed by atoms with Gasteiger partial charge in [0.25, 0.3) is 11.7 Å².